The van der Waals surface area contributed by atoms with Crippen LogP contribution in [0.2, 0.25) is 0 Å². The van der Waals surface area contributed by atoms with E-state index in [0.29, 0.717) is 12.8 Å². The van der Waals surface area contributed by atoms with Gasteiger partial charge in [-0.15, -0.1) is 6.42 Å². The van der Waals surface area contributed by atoms with Gasteiger partial charge >= 0.3 is 11.9 Å². The third-order valence-electron chi connectivity index (χ3n) is 3.72. The van der Waals surface area contributed by atoms with E-state index >= 15 is 0 Å². The maximum Gasteiger partial charge on any atom is 0.334 e. The van der Waals surface area contributed by atoms with Crippen molar-refractivity contribution < 1.29 is 23.7 Å². The minimum absolute atomic E-state index is 0.215. The fraction of sp³-hybridized carbons (Fsp3) is 0.389. The Hall–Kier alpha value is -2.29. The van der Waals surface area contributed by atoms with Gasteiger partial charge in [0.05, 0.1) is 13.2 Å². The zero-order valence-electron chi connectivity index (χ0n) is 13.5. The van der Waals surface area contributed by atoms with Crippen molar-refractivity contribution in [1.82, 2.24) is 0 Å². The lowest BCUT2D eigenvalue weighted by Gasteiger charge is -2.24. The van der Waals surface area contributed by atoms with Gasteiger partial charge in [0.15, 0.2) is 11.4 Å². The van der Waals surface area contributed by atoms with E-state index in [4.69, 9.17) is 20.6 Å². The van der Waals surface area contributed by atoms with Crippen LogP contribution in [0.15, 0.2) is 42.2 Å². The maximum atomic E-state index is 11.6. The highest BCUT2D eigenvalue weighted by Crippen LogP contribution is 2.42. The first-order valence-corrected chi connectivity index (χ1v) is 7.23. The molecule has 1 aliphatic rings. The van der Waals surface area contributed by atoms with Gasteiger partial charge in [-0.3, -0.25) is 4.74 Å². The van der Waals surface area contributed by atoms with Gasteiger partial charge in [0, 0.05) is 14.0 Å². The number of carbonyl (C=O) groups excluding carboxylic acids is 1. The molecule has 5 nitrogen and oxygen atoms in total. The van der Waals surface area contributed by atoms with Crippen LogP contribution in [0.4, 0.5) is 0 Å². The van der Waals surface area contributed by atoms with Gasteiger partial charge in [-0.05, 0) is 18.4 Å². The van der Waals surface area contributed by atoms with Crippen molar-refractivity contribution in [3.63, 3.8) is 0 Å². The molecule has 1 heterocycles. The Morgan fingerprint density at radius 1 is 1.35 bits per heavy atom. The molecule has 0 saturated carbocycles. The molecule has 0 aliphatic carbocycles. The molecule has 1 aliphatic heterocycles. The molecule has 5 heteroatoms. The van der Waals surface area contributed by atoms with Crippen molar-refractivity contribution in [3.05, 3.63) is 47.7 Å². The summed E-state index contributed by atoms with van der Waals surface area (Å²) in [4.78, 5) is 11.6. The average Bonchev–Trinajstić information content (AvgIpc) is 2.87. The maximum absolute atomic E-state index is 11.6. The highest BCUT2D eigenvalue weighted by Gasteiger charge is 2.52. The van der Waals surface area contributed by atoms with Crippen LogP contribution in [0, 0.1) is 12.3 Å². The van der Waals surface area contributed by atoms with Crippen LogP contribution in [0.5, 0.6) is 0 Å². The predicted octanol–water partition coefficient (Wildman–Crippen LogP) is 2.42. The quantitative estimate of drug-likeness (QED) is 0.474. The molecule has 23 heavy (non-hydrogen) atoms. The second-order valence-corrected chi connectivity index (χ2v) is 5.26. The number of methoxy groups -OCH3 is 2. The van der Waals surface area contributed by atoms with Gasteiger partial charge < -0.3 is 14.2 Å². The molecule has 0 amide bonds. The summed E-state index contributed by atoms with van der Waals surface area (Å²) in [5.74, 6) is 0.918. The molecule has 1 aromatic carbocycles. The number of esters is 1. The first-order valence-electron chi connectivity index (χ1n) is 7.23. The Morgan fingerprint density at radius 2 is 2.04 bits per heavy atom. The Morgan fingerprint density at radius 3 is 2.61 bits per heavy atom. The van der Waals surface area contributed by atoms with E-state index in [1.165, 1.54) is 20.3 Å². The second kappa shape index (κ2) is 6.86. The molecule has 1 fully saturated rings. The molecule has 0 radical (unpaired) electrons. The Balaban J connectivity index is 2.29. The van der Waals surface area contributed by atoms with E-state index in [1.807, 2.05) is 30.3 Å². The average molecular weight is 316 g/mol. The number of rotatable bonds is 5. The first-order chi connectivity index (χ1) is 11.0. The van der Waals surface area contributed by atoms with Crippen molar-refractivity contribution in [2.24, 2.45) is 0 Å². The van der Waals surface area contributed by atoms with Gasteiger partial charge in [0.1, 0.15) is 0 Å². The van der Waals surface area contributed by atoms with Gasteiger partial charge in [0.2, 0.25) is 0 Å². The van der Waals surface area contributed by atoms with Gasteiger partial charge in [0.25, 0.3) is 0 Å². The van der Waals surface area contributed by atoms with E-state index in [0.717, 1.165) is 5.56 Å². The van der Waals surface area contributed by atoms with E-state index in [-0.39, 0.29) is 5.76 Å². The lowest BCUT2D eigenvalue weighted by molar-refractivity contribution is -0.315. The summed E-state index contributed by atoms with van der Waals surface area (Å²) < 4.78 is 21.4. The zero-order chi connectivity index (χ0) is 16.9. The number of benzene rings is 1. The minimum atomic E-state index is -1.34. The summed E-state index contributed by atoms with van der Waals surface area (Å²) in [5.41, 5.74) is -0.0800. The first kappa shape index (κ1) is 17.1. The number of aryl methyl sites for hydroxylation is 1. The van der Waals surface area contributed by atoms with E-state index in [1.54, 1.807) is 6.92 Å². The van der Waals surface area contributed by atoms with Crippen LogP contribution in [0.25, 0.3) is 0 Å². The molecule has 2 rings (SSSR count). The molecular formula is C18H20O5. The summed E-state index contributed by atoms with van der Waals surface area (Å²) in [6, 6.07) is 9.85. The standard InChI is InChI=1S/C18H20O5/c1-5-18(12-11-14-9-7-6-8-10-14)15(13-16(19)20-3)22-17(2,21-4)23-18/h1,6-10,13H,11-12H2,2-4H3/b15-13-. The smallest absolute Gasteiger partial charge is 0.334 e. The van der Waals surface area contributed by atoms with Gasteiger partial charge in [-0.2, -0.15) is 0 Å². The fourth-order valence-corrected chi connectivity index (χ4v) is 2.38. The highest BCUT2D eigenvalue weighted by molar-refractivity contribution is 5.83. The van der Waals surface area contributed by atoms with Crippen molar-refractivity contribution >= 4 is 5.97 Å². The van der Waals surface area contributed by atoms with Crippen molar-refractivity contribution in [3.8, 4) is 12.3 Å². The summed E-state index contributed by atoms with van der Waals surface area (Å²) in [7, 11) is 2.73. The summed E-state index contributed by atoms with van der Waals surface area (Å²) in [6.07, 6.45) is 8.02. The van der Waals surface area contributed by atoms with Crippen LogP contribution >= 0.6 is 0 Å². The van der Waals surface area contributed by atoms with Crippen LogP contribution < -0.4 is 0 Å². The monoisotopic (exact) mass is 316 g/mol. The van der Waals surface area contributed by atoms with Crippen LogP contribution in [-0.2, 0) is 30.2 Å². The lowest BCUT2D eigenvalue weighted by atomic mass is 9.93. The fourth-order valence-electron chi connectivity index (χ4n) is 2.38. The molecule has 0 N–H and O–H groups in total. The van der Waals surface area contributed by atoms with Crippen LogP contribution in [0.1, 0.15) is 18.9 Å². The van der Waals surface area contributed by atoms with Crippen molar-refractivity contribution in [1.29, 1.82) is 0 Å². The van der Waals surface area contributed by atoms with Crippen molar-refractivity contribution in [2.75, 3.05) is 14.2 Å². The lowest BCUT2D eigenvalue weighted by Crippen LogP contribution is -2.35. The number of hydrogen-bond acceptors (Lipinski definition) is 5. The number of terminal acetylenes is 1. The summed E-state index contributed by atoms with van der Waals surface area (Å²) in [5, 5.41) is 0. The molecule has 1 saturated heterocycles. The van der Waals surface area contributed by atoms with E-state index in [9.17, 15) is 4.79 Å². The third-order valence-corrected chi connectivity index (χ3v) is 3.72. The number of ether oxygens (including phenoxy) is 4. The SMILES string of the molecule is C#CC1(CCc2ccccc2)OC(C)(OC)O/C1=C\C(=O)OC. The summed E-state index contributed by atoms with van der Waals surface area (Å²) in [6.45, 7) is 1.60. The van der Waals surface area contributed by atoms with E-state index < -0.39 is 17.5 Å². The molecule has 2 unspecified atom stereocenters. The number of hydrogen-bond donors (Lipinski definition) is 0. The van der Waals surface area contributed by atoms with E-state index in [2.05, 4.69) is 10.7 Å². The third kappa shape index (κ3) is 3.73. The van der Waals surface area contributed by atoms with Crippen LogP contribution in [0.3, 0.4) is 0 Å². The normalized spacial score (nSPS) is 28.2. The Labute approximate surface area is 136 Å². The molecular weight excluding hydrogens is 296 g/mol. The van der Waals surface area contributed by atoms with Gasteiger partial charge in [-0.1, -0.05) is 36.3 Å². The largest absolute Gasteiger partial charge is 0.466 e. The summed E-state index contributed by atoms with van der Waals surface area (Å²) >= 11 is 0. The zero-order valence-corrected chi connectivity index (χ0v) is 13.5. The van der Waals surface area contributed by atoms with Crippen molar-refractivity contribution in [2.45, 2.75) is 31.3 Å². The van der Waals surface area contributed by atoms with Crippen LogP contribution in [-0.4, -0.2) is 31.8 Å². The minimum Gasteiger partial charge on any atom is -0.466 e. The molecule has 0 aromatic heterocycles. The molecule has 2 atom stereocenters. The predicted molar refractivity (Wildman–Crippen MR) is 84.0 cm³/mol. The second-order valence-electron chi connectivity index (χ2n) is 5.26. The number of carbonyl (C=O) groups is 1. The van der Waals surface area contributed by atoms with Gasteiger partial charge in [-0.25, -0.2) is 4.79 Å². The Bertz CT molecular complexity index is 631. The molecule has 122 valence electrons. The molecule has 1 aromatic rings. The topological polar surface area (TPSA) is 54.0 Å². The molecule has 0 spiro atoms. The molecule has 0 bridgehead atoms. The Kier molecular flexibility index (Phi) is 5.09. The highest BCUT2D eigenvalue weighted by atomic mass is 16.9.